The highest BCUT2D eigenvalue weighted by Gasteiger charge is 2.35. The van der Waals surface area contributed by atoms with Crippen molar-refractivity contribution >= 4 is 11.5 Å². The van der Waals surface area contributed by atoms with Crippen LogP contribution < -0.4 is 0 Å². The summed E-state index contributed by atoms with van der Waals surface area (Å²) in [4.78, 5) is 10.8. The highest BCUT2D eigenvalue weighted by Crippen LogP contribution is 2.33. The van der Waals surface area contributed by atoms with Crippen LogP contribution in [0.3, 0.4) is 0 Å². The van der Waals surface area contributed by atoms with Gasteiger partial charge in [0.15, 0.2) is 0 Å². The maximum absolute atomic E-state index is 12.6. The topological polar surface area (TPSA) is 26.3 Å². The van der Waals surface area contributed by atoms with Gasteiger partial charge >= 0.3 is 12.1 Å². The summed E-state index contributed by atoms with van der Waals surface area (Å²) in [5.74, 6) is -1.78. The molecular formula is C11H8F4O2. The fourth-order valence-corrected chi connectivity index (χ4v) is 1.14. The summed E-state index contributed by atoms with van der Waals surface area (Å²) in [6, 6.07) is 3.65. The molecule has 0 spiro atoms. The Balaban J connectivity index is 3.21. The van der Waals surface area contributed by atoms with E-state index in [9.17, 15) is 22.4 Å². The Kier molecular flexibility index (Phi) is 3.88. The van der Waals surface area contributed by atoms with Crippen molar-refractivity contribution in [3.05, 3.63) is 41.7 Å². The average molecular weight is 248 g/mol. The Morgan fingerprint density at radius 1 is 1.24 bits per heavy atom. The quantitative estimate of drug-likeness (QED) is 0.457. The third-order valence-corrected chi connectivity index (χ3v) is 1.92. The first-order valence-corrected chi connectivity index (χ1v) is 4.47. The van der Waals surface area contributed by atoms with E-state index in [2.05, 4.69) is 4.74 Å². The fraction of sp³-hybridized carbons (Fsp3) is 0.182. The minimum absolute atomic E-state index is 0.302. The predicted molar refractivity (Wildman–Crippen MR) is 52.4 cm³/mol. The van der Waals surface area contributed by atoms with Crippen LogP contribution in [0.1, 0.15) is 5.56 Å². The van der Waals surface area contributed by atoms with Crippen molar-refractivity contribution in [2.75, 3.05) is 7.11 Å². The van der Waals surface area contributed by atoms with Gasteiger partial charge in [-0.05, 0) is 17.7 Å². The SMILES string of the molecule is COC(=O)/C=C(\c1ccc(F)cc1)C(F)(F)F. The van der Waals surface area contributed by atoms with Crippen molar-refractivity contribution in [3.63, 3.8) is 0 Å². The van der Waals surface area contributed by atoms with Gasteiger partial charge in [0.25, 0.3) is 0 Å². The molecule has 92 valence electrons. The number of ether oxygens (including phenoxy) is 1. The largest absolute Gasteiger partial charge is 0.466 e. The molecule has 1 rings (SSSR count). The van der Waals surface area contributed by atoms with Gasteiger partial charge in [-0.2, -0.15) is 13.2 Å². The Morgan fingerprint density at radius 2 is 1.76 bits per heavy atom. The van der Waals surface area contributed by atoms with E-state index in [0.29, 0.717) is 6.08 Å². The summed E-state index contributed by atoms with van der Waals surface area (Å²) in [6.07, 6.45) is -4.39. The second-order valence-corrected chi connectivity index (χ2v) is 3.09. The third kappa shape index (κ3) is 3.58. The second-order valence-electron chi connectivity index (χ2n) is 3.09. The van der Waals surface area contributed by atoms with Crippen LogP contribution in [-0.2, 0) is 9.53 Å². The van der Waals surface area contributed by atoms with Crippen LogP contribution in [0.2, 0.25) is 0 Å². The van der Waals surface area contributed by atoms with Gasteiger partial charge in [0.2, 0.25) is 0 Å². The van der Waals surface area contributed by atoms with E-state index in [0.717, 1.165) is 31.4 Å². The Hall–Kier alpha value is -1.85. The van der Waals surface area contributed by atoms with Gasteiger partial charge in [0, 0.05) is 6.08 Å². The number of esters is 1. The third-order valence-electron chi connectivity index (χ3n) is 1.92. The molecule has 0 bridgehead atoms. The minimum Gasteiger partial charge on any atom is -0.466 e. The molecule has 0 aromatic heterocycles. The van der Waals surface area contributed by atoms with E-state index in [1.807, 2.05) is 0 Å². The molecule has 0 unspecified atom stereocenters. The molecule has 1 aromatic rings. The number of benzene rings is 1. The van der Waals surface area contributed by atoms with Crippen LogP contribution in [0, 0.1) is 5.82 Å². The Labute approximate surface area is 94.5 Å². The van der Waals surface area contributed by atoms with Crippen molar-refractivity contribution in [3.8, 4) is 0 Å². The standard InChI is InChI=1S/C11H8F4O2/c1-17-10(16)6-9(11(13,14)15)7-2-4-8(12)5-3-7/h2-6H,1H3/b9-6+. The molecular weight excluding hydrogens is 240 g/mol. The molecule has 0 fully saturated rings. The zero-order valence-corrected chi connectivity index (χ0v) is 8.72. The Bertz CT molecular complexity index is 432. The second kappa shape index (κ2) is 4.99. The molecule has 1 aromatic carbocycles. The molecule has 0 aliphatic heterocycles. The summed E-state index contributed by atoms with van der Waals surface area (Å²) in [7, 11) is 0.970. The van der Waals surface area contributed by atoms with Crippen LogP contribution in [0.4, 0.5) is 17.6 Å². The van der Waals surface area contributed by atoms with Gasteiger partial charge in [-0.1, -0.05) is 12.1 Å². The summed E-state index contributed by atoms with van der Waals surface area (Å²) in [5, 5.41) is 0. The number of carbonyl (C=O) groups is 1. The van der Waals surface area contributed by atoms with E-state index in [-0.39, 0.29) is 5.56 Å². The van der Waals surface area contributed by atoms with E-state index in [4.69, 9.17) is 0 Å². The maximum Gasteiger partial charge on any atom is 0.417 e. The number of hydrogen-bond acceptors (Lipinski definition) is 2. The fourth-order valence-electron chi connectivity index (χ4n) is 1.14. The van der Waals surface area contributed by atoms with Crippen molar-refractivity contribution in [2.45, 2.75) is 6.18 Å². The molecule has 0 saturated heterocycles. The summed E-state index contributed by atoms with van der Waals surface area (Å²) >= 11 is 0. The molecule has 0 amide bonds. The maximum atomic E-state index is 12.6. The lowest BCUT2D eigenvalue weighted by atomic mass is 10.1. The van der Waals surface area contributed by atoms with Crippen LogP contribution in [0.5, 0.6) is 0 Å². The minimum atomic E-state index is -4.72. The first-order valence-electron chi connectivity index (χ1n) is 4.47. The first kappa shape index (κ1) is 13.2. The lowest BCUT2D eigenvalue weighted by Gasteiger charge is -2.11. The summed E-state index contributed by atoms with van der Waals surface area (Å²) in [6.45, 7) is 0. The number of methoxy groups -OCH3 is 1. The van der Waals surface area contributed by atoms with Crippen molar-refractivity contribution in [1.82, 2.24) is 0 Å². The van der Waals surface area contributed by atoms with Crippen molar-refractivity contribution < 1.29 is 27.1 Å². The molecule has 0 heterocycles. The van der Waals surface area contributed by atoms with Crippen molar-refractivity contribution in [2.24, 2.45) is 0 Å². The molecule has 17 heavy (non-hydrogen) atoms. The summed E-state index contributed by atoms with van der Waals surface area (Å²) < 4.78 is 54.6. The zero-order chi connectivity index (χ0) is 13.1. The van der Waals surface area contributed by atoms with Gasteiger partial charge in [-0.25, -0.2) is 9.18 Å². The normalized spacial score (nSPS) is 12.4. The van der Waals surface area contributed by atoms with Crippen LogP contribution in [0.15, 0.2) is 30.3 Å². The average Bonchev–Trinajstić information content (AvgIpc) is 2.25. The lowest BCUT2D eigenvalue weighted by molar-refractivity contribution is -0.135. The number of carbonyl (C=O) groups excluding carboxylic acids is 1. The van der Waals surface area contributed by atoms with Gasteiger partial charge in [0.1, 0.15) is 5.82 Å². The monoisotopic (exact) mass is 248 g/mol. The van der Waals surface area contributed by atoms with Gasteiger partial charge in [0.05, 0.1) is 12.7 Å². The molecule has 6 heteroatoms. The predicted octanol–water partition coefficient (Wildman–Crippen LogP) is 2.94. The number of hydrogen-bond donors (Lipinski definition) is 0. The van der Waals surface area contributed by atoms with Crippen LogP contribution in [-0.4, -0.2) is 19.3 Å². The molecule has 0 saturated carbocycles. The number of rotatable bonds is 2. The van der Waals surface area contributed by atoms with Crippen molar-refractivity contribution in [1.29, 1.82) is 0 Å². The molecule has 0 N–H and O–H groups in total. The van der Waals surface area contributed by atoms with Gasteiger partial charge in [-0.15, -0.1) is 0 Å². The van der Waals surface area contributed by atoms with E-state index < -0.39 is 23.5 Å². The zero-order valence-electron chi connectivity index (χ0n) is 8.72. The van der Waals surface area contributed by atoms with E-state index >= 15 is 0 Å². The molecule has 0 atom stereocenters. The first-order chi connectivity index (χ1) is 7.84. The van der Waals surface area contributed by atoms with Crippen LogP contribution >= 0.6 is 0 Å². The van der Waals surface area contributed by atoms with Crippen LogP contribution in [0.25, 0.3) is 5.57 Å². The highest BCUT2D eigenvalue weighted by molar-refractivity contribution is 5.92. The summed E-state index contributed by atoms with van der Waals surface area (Å²) in [5.41, 5.74) is -1.48. The Morgan fingerprint density at radius 3 is 2.18 bits per heavy atom. The smallest absolute Gasteiger partial charge is 0.417 e. The lowest BCUT2D eigenvalue weighted by Crippen LogP contribution is -2.13. The number of alkyl halides is 3. The molecule has 2 nitrogen and oxygen atoms in total. The number of allylic oxidation sites excluding steroid dienone is 1. The molecule has 0 radical (unpaired) electrons. The molecule has 0 aliphatic carbocycles. The van der Waals surface area contributed by atoms with Gasteiger partial charge in [-0.3, -0.25) is 0 Å². The van der Waals surface area contributed by atoms with E-state index in [1.165, 1.54) is 0 Å². The highest BCUT2D eigenvalue weighted by atomic mass is 19.4. The van der Waals surface area contributed by atoms with Gasteiger partial charge < -0.3 is 4.74 Å². The van der Waals surface area contributed by atoms with E-state index in [1.54, 1.807) is 0 Å². The number of halogens is 4. The molecule has 0 aliphatic rings.